The van der Waals surface area contributed by atoms with Crippen molar-refractivity contribution in [3.05, 3.63) is 106 Å². The molecule has 1 aliphatic heterocycles. The van der Waals surface area contributed by atoms with Gasteiger partial charge in [0.05, 0.1) is 10.3 Å². The number of hydrogen-bond acceptors (Lipinski definition) is 4. The fraction of sp³-hybridized carbons (Fsp3) is 0.222. The zero-order chi connectivity index (χ0) is 22.5. The third-order valence-electron chi connectivity index (χ3n) is 7.09. The highest BCUT2D eigenvalue weighted by molar-refractivity contribution is 6.30. The molecule has 2 aliphatic rings. The number of hydrogen-bond donors (Lipinski definition) is 1. The van der Waals surface area contributed by atoms with E-state index < -0.39 is 15.9 Å². The summed E-state index contributed by atoms with van der Waals surface area (Å²) in [5.74, 6) is 0.0701. The number of allylic oxidation sites excluding steroid dienone is 1. The maximum Gasteiger partial charge on any atom is 0.269 e. The van der Waals surface area contributed by atoms with Gasteiger partial charge in [0.25, 0.3) is 5.69 Å². The molecule has 5 heteroatoms. The Hall–Kier alpha value is -3.73. The summed E-state index contributed by atoms with van der Waals surface area (Å²) in [5, 5.41) is 15.2. The number of non-ortho nitro benzene ring substituents is 1. The van der Waals surface area contributed by atoms with Crippen LogP contribution < -0.4 is 5.32 Å². The zero-order valence-electron chi connectivity index (χ0n) is 18.1. The van der Waals surface area contributed by atoms with Gasteiger partial charge in [-0.1, -0.05) is 74.5 Å². The Labute approximate surface area is 186 Å². The number of rotatable bonds is 5. The monoisotopic (exact) mass is 424 g/mol. The van der Waals surface area contributed by atoms with Gasteiger partial charge in [-0.15, -0.1) is 0 Å². The van der Waals surface area contributed by atoms with E-state index in [1.165, 1.54) is 6.07 Å². The van der Waals surface area contributed by atoms with Gasteiger partial charge in [0.15, 0.2) is 5.78 Å². The van der Waals surface area contributed by atoms with Gasteiger partial charge in [-0.05, 0) is 41.2 Å². The van der Waals surface area contributed by atoms with Crippen molar-refractivity contribution >= 4 is 28.3 Å². The summed E-state index contributed by atoms with van der Waals surface area (Å²) >= 11 is 0. The van der Waals surface area contributed by atoms with Gasteiger partial charge in [0.2, 0.25) is 0 Å². The lowest BCUT2D eigenvalue weighted by Gasteiger charge is -2.42. The molecule has 0 saturated heterocycles. The van der Waals surface area contributed by atoms with E-state index in [9.17, 15) is 14.9 Å². The molecule has 1 heterocycles. The van der Waals surface area contributed by atoms with Crippen LogP contribution in [0.3, 0.4) is 0 Å². The molecule has 0 amide bonds. The van der Waals surface area contributed by atoms with Crippen molar-refractivity contribution in [1.29, 1.82) is 0 Å². The molecular weight excluding hydrogens is 400 g/mol. The Balaban J connectivity index is 1.95. The third-order valence-corrected chi connectivity index (χ3v) is 7.09. The SMILES string of the molecule is CC[C@]12Nc3ccc([N+](=O)[O-])cc3[C@@](CC)(C1=O)C(c1ccccc1)=C2c1ccccc1. The lowest BCUT2D eigenvalue weighted by Crippen LogP contribution is -2.54. The molecule has 0 spiro atoms. The largest absolute Gasteiger partial charge is 0.369 e. The van der Waals surface area contributed by atoms with Crippen LogP contribution in [0.4, 0.5) is 11.4 Å². The summed E-state index contributed by atoms with van der Waals surface area (Å²) in [7, 11) is 0. The second-order valence-corrected chi connectivity index (χ2v) is 8.44. The average Bonchev–Trinajstić information content (AvgIpc) is 2.98. The normalized spacial score (nSPS) is 23.6. The van der Waals surface area contributed by atoms with Crippen molar-refractivity contribution in [3.63, 3.8) is 0 Å². The van der Waals surface area contributed by atoms with Crippen LogP contribution >= 0.6 is 0 Å². The van der Waals surface area contributed by atoms with Crippen LogP contribution in [0, 0.1) is 10.1 Å². The summed E-state index contributed by atoms with van der Waals surface area (Å²) in [6.45, 7) is 4.03. The number of fused-ring (bicyclic) bond motifs is 4. The van der Waals surface area contributed by atoms with Crippen LogP contribution in [0.15, 0.2) is 78.9 Å². The minimum atomic E-state index is -0.963. The van der Waals surface area contributed by atoms with Crippen LogP contribution in [0.2, 0.25) is 0 Å². The molecule has 1 aliphatic carbocycles. The zero-order valence-corrected chi connectivity index (χ0v) is 18.1. The number of carbonyl (C=O) groups is 1. The molecule has 3 aromatic carbocycles. The number of nitro benzene ring substituents is 1. The molecule has 0 saturated carbocycles. The van der Waals surface area contributed by atoms with Crippen LogP contribution in [-0.2, 0) is 10.2 Å². The van der Waals surface area contributed by atoms with Crippen LogP contribution in [0.1, 0.15) is 43.4 Å². The van der Waals surface area contributed by atoms with Crippen molar-refractivity contribution in [2.75, 3.05) is 5.32 Å². The highest BCUT2D eigenvalue weighted by Crippen LogP contribution is 2.62. The molecule has 32 heavy (non-hydrogen) atoms. The molecule has 0 aromatic heterocycles. The first-order chi connectivity index (χ1) is 15.5. The molecule has 3 aromatic rings. The smallest absolute Gasteiger partial charge is 0.269 e. The minimum absolute atomic E-state index is 0.00394. The van der Waals surface area contributed by atoms with Gasteiger partial charge in [0.1, 0.15) is 5.54 Å². The Morgan fingerprint density at radius 1 is 0.844 bits per heavy atom. The van der Waals surface area contributed by atoms with Crippen LogP contribution in [-0.4, -0.2) is 16.2 Å². The highest BCUT2D eigenvalue weighted by Gasteiger charge is 2.64. The molecule has 0 radical (unpaired) electrons. The lowest BCUT2D eigenvalue weighted by molar-refractivity contribution is -0.384. The Kier molecular flexibility index (Phi) is 4.52. The Morgan fingerprint density at radius 3 is 1.97 bits per heavy atom. The lowest BCUT2D eigenvalue weighted by atomic mass is 9.65. The summed E-state index contributed by atoms with van der Waals surface area (Å²) in [6.07, 6.45) is 1.09. The minimum Gasteiger partial charge on any atom is -0.369 e. The first-order valence-electron chi connectivity index (χ1n) is 11.0. The van der Waals surface area contributed by atoms with Gasteiger partial charge in [-0.3, -0.25) is 14.9 Å². The summed E-state index contributed by atoms with van der Waals surface area (Å²) < 4.78 is 0. The van der Waals surface area contributed by atoms with Crippen LogP contribution in [0.25, 0.3) is 11.1 Å². The molecule has 0 fully saturated rings. The number of carbonyl (C=O) groups excluding carboxylic acids is 1. The maximum atomic E-state index is 14.4. The van der Waals surface area contributed by atoms with E-state index in [0.29, 0.717) is 18.4 Å². The second-order valence-electron chi connectivity index (χ2n) is 8.44. The van der Waals surface area contributed by atoms with E-state index in [1.807, 2.05) is 74.5 Å². The van der Waals surface area contributed by atoms with E-state index in [2.05, 4.69) is 5.32 Å². The quantitative estimate of drug-likeness (QED) is 0.402. The summed E-state index contributed by atoms with van der Waals surface area (Å²) in [5.41, 5.74) is 3.50. The van der Waals surface area contributed by atoms with Crippen LogP contribution in [0.5, 0.6) is 0 Å². The molecule has 2 atom stereocenters. The standard InChI is InChI=1S/C27H24N2O3/c1-3-26-21-17-20(29(31)32)15-16-22(21)28-27(4-2,25(26)30)24(19-13-9-6-10-14-19)23(26)18-11-7-5-8-12-18/h5-17,28H,3-4H2,1-2H3/t26-,27-/m1/s1. The predicted octanol–water partition coefficient (Wildman–Crippen LogP) is 6.01. The van der Waals surface area contributed by atoms with Gasteiger partial charge in [-0.2, -0.15) is 0 Å². The van der Waals surface area contributed by atoms with E-state index in [1.54, 1.807) is 12.1 Å². The molecule has 1 N–H and O–H groups in total. The molecule has 0 unspecified atom stereocenters. The van der Waals surface area contributed by atoms with E-state index >= 15 is 0 Å². The van der Waals surface area contributed by atoms with Crippen molar-refractivity contribution in [3.8, 4) is 0 Å². The fourth-order valence-corrected chi connectivity index (χ4v) is 5.68. The number of ketones is 1. The molecule has 5 nitrogen and oxygen atoms in total. The van der Waals surface area contributed by atoms with Gasteiger partial charge in [-0.25, -0.2) is 0 Å². The maximum absolute atomic E-state index is 14.4. The van der Waals surface area contributed by atoms with Crippen molar-refractivity contribution in [2.24, 2.45) is 0 Å². The van der Waals surface area contributed by atoms with Crippen molar-refractivity contribution in [2.45, 2.75) is 37.6 Å². The number of benzene rings is 3. The second kappa shape index (κ2) is 7.16. The summed E-state index contributed by atoms with van der Waals surface area (Å²) in [4.78, 5) is 25.6. The first-order valence-corrected chi connectivity index (χ1v) is 11.0. The fourth-order valence-electron chi connectivity index (χ4n) is 5.68. The number of nitro groups is 1. The van der Waals surface area contributed by atoms with E-state index in [0.717, 1.165) is 28.0 Å². The van der Waals surface area contributed by atoms with Gasteiger partial charge >= 0.3 is 0 Å². The Morgan fingerprint density at radius 2 is 1.44 bits per heavy atom. The Bertz CT molecular complexity index is 1270. The number of nitrogens with one attached hydrogen (secondary N) is 1. The van der Waals surface area contributed by atoms with Gasteiger partial charge < -0.3 is 5.32 Å². The molecular formula is C27H24N2O3. The van der Waals surface area contributed by atoms with E-state index in [-0.39, 0.29) is 11.5 Å². The molecule has 2 bridgehead atoms. The highest BCUT2D eigenvalue weighted by atomic mass is 16.6. The third kappa shape index (κ3) is 2.48. The van der Waals surface area contributed by atoms with E-state index in [4.69, 9.17) is 0 Å². The average molecular weight is 425 g/mol. The molecule has 5 rings (SSSR count). The topological polar surface area (TPSA) is 72.2 Å². The number of anilines is 1. The molecule has 160 valence electrons. The van der Waals surface area contributed by atoms with Crippen molar-refractivity contribution in [1.82, 2.24) is 0 Å². The number of Topliss-reactive ketones (excluding diaryl/α,β-unsaturated/α-hetero) is 1. The van der Waals surface area contributed by atoms with Crippen molar-refractivity contribution < 1.29 is 9.72 Å². The predicted molar refractivity (Wildman–Crippen MR) is 126 cm³/mol. The van der Waals surface area contributed by atoms with Gasteiger partial charge in [0, 0.05) is 23.4 Å². The summed E-state index contributed by atoms with van der Waals surface area (Å²) in [6, 6.07) is 24.8. The first kappa shape index (κ1) is 20.2. The number of nitrogens with zero attached hydrogens (tertiary/aromatic N) is 1.